The van der Waals surface area contributed by atoms with E-state index in [0.29, 0.717) is 29.0 Å². The lowest BCUT2D eigenvalue weighted by atomic mass is 9.80. The quantitative estimate of drug-likeness (QED) is 0.441. The van der Waals surface area contributed by atoms with E-state index in [4.69, 9.17) is 5.73 Å². The largest absolute Gasteiger partial charge is 0.416 e. The molecule has 3 nitrogen and oxygen atoms in total. The van der Waals surface area contributed by atoms with E-state index in [0.717, 1.165) is 54.9 Å². The summed E-state index contributed by atoms with van der Waals surface area (Å²) in [6.45, 7) is 1.42. The van der Waals surface area contributed by atoms with Gasteiger partial charge in [0.25, 0.3) is 0 Å². The van der Waals surface area contributed by atoms with Crippen molar-refractivity contribution in [1.82, 2.24) is 0 Å². The number of nitrogens with one attached hydrogen (secondary N) is 2. The van der Waals surface area contributed by atoms with Gasteiger partial charge in [-0.1, -0.05) is 36.7 Å². The van der Waals surface area contributed by atoms with Crippen LogP contribution in [0.25, 0.3) is 0 Å². The molecule has 0 atom stereocenters. The molecule has 1 aliphatic heterocycles. The van der Waals surface area contributed by atoms with Gasteiger partial charge in [0, 0.05) is 16.3 Å². The number of hydrogen-bond acceptors (Lipinski definition) is 4. The summed E-state index contributed by atoms with van der Waals surface area (Å²) >= 11 is 1.38. The number of benzene rings is 2. The summed E-state index contributed by atoms with van der Waals surface area (Å²) in [4.78, 5) is 1.54. The van der Waals surface area contributed by atoms with Crippen molar-refractivity contribution < 1.29 is 13.2 Å². The zero-order valence-corrected chi connectivity index (χ0v) is 17.0. The second-order valence-corrected chi connectivity index (χ2v) is 9.05. The SMILES string of the molecule is NCCC1CCC(CNc2cc(C(F)(F)F)cc3c2Nc2ccccc2S3)CC1. The summed E-state index contributed by atoms with van der Waals surface area (Å²) in [5.74, 6) is 1.19. The predicted molar refractivity (Wildman–Crippen MR) is 113 cm³/mol. The Morgan fingerprint density at radius 2 is 1.76 bits per heavy atom. The lowest BCUT2D eigenvalue weighted by molar-refractivity contribution is -0.137. The molecule has 4 rings (SSSR count). The van der Waals surface area contributed by atoms with Crippen LogP contribution in [0.1, 0.15) is 37.7 Å². The molecule has 2 aromatic carbocycles. The van der Waals surface area contributed by atoms with E-state index in [1.54, 1.807) is 0 Å². The van der Waals surface area contributed by atoms with Crippen molar-refractivity contribution >= 4 is 28.8 Å². The fourth-order valence-electron chi connectivity index (χ4n) is 4.25. The minimum atomic E-state index is -4.37. The molecule has 0 aromatic heterocycles. The van der Waals surface area contributed by atoms with Crippen LogP contribution >= 0.6 is 11.8 Å². The molecule has 2 aromatic rings. The highest BCUT2D eigenvalue weighted by Crippen LogP contribution is 2.49. The fourth-order valence-corrected chi connectivity index (χ4v) is 5.32. The lowest BCUT2D eigenvalue weighted by Crippen LogP contribution is -2.23. The van der Waals surface area contributed by atoms with E-state index in [1.165, 1.54) is 23.9 Å². The molecule has 1 saturated carbocycles. The summed E-state index contributed by atoms with van der Waals surface area (Å²) < 4.78 is 40.4. The molecule has 2 aliphatic rings. The molecule has 156 valence electrons. The highest BCUT2D eigenvalue weighted by Gasteiger charge is 2.33. The van der Waals surface area contributed by atoms with Gasteiger partial charge in [-0.2, -0.15) is 13.2 Å². The van der Waals surface area contributed by atoms with Gasteiger partial charge in [-0.05, 0) is 61.9 Å². The predicted octanol–water partition coefficient (Wildman–Crippen LogP) is 6.48. The van der Waals surface area contributed by atoms with Crippen molar-refractivity contribution in [2.24, 2.45) is 17.6 Å². The molecule has 0 unspecified atom stereocenters. The normalized spacial score (nSPS) is 21.1. The van der Waals surface area contributed by atoms with Crippen molar-refractivity contribution in [2.75, 3.05) is 23.7 Å². The van der Waals surface area contributed by atoms with Crippen LogP contribution in [0.2, 0.25) is 0 Å². The van der Waals surface area contributed by atoms with Gasteiger partial charge in [0.15, 0.2) is 0 Å². The Hall–Kier alpha value is -1.86. The summed E-state index contributed by atoms with van der Waals surface area (Å²) in [7, 11) is 0. The number of halogens is 3. The van der Waals surface area contributed by atoms with Crippen LogP contribution in [0, 0.1) is 11.8 Å². The molecule has 0 amide bonds. The Labute approximate surface area is 173 Å². The van der Waals surface area contributed by atoms with Gasteiger partial charge in [0.1, 0.15) is 0 Å². The third-order valence-corrected chi connectivity index (χ3v) is 7.04. The molecule has 0 radical (unpaired) electrons. The first-order valence-corrected chi connectivity index (χ1v) is 11.0. The maximum absolute atomic E-state index is 13.5. The van der Waals surface area contributed by atoms with Crippen LogP contribution in [0.15, 0.2) is 46.2 Å². The first-order valence-electron chi connectivity index (χ1n) is 10.2. The van der Waals surface area contributed by atoms with Crippen LogP contribution in [-0.2, 0) is 6.18 Å². The van der Waals surface area contributed by atoms with Crippen molar-refractivity contribution in [1.29, 1.82) is 0 Å². The molecular formula is C22H26F3N3S. The average molecular weight is 422 g/mol. The Bertz CT molecular complexity index is 861. The zero-order valence-electron chi connectivity index (χ0n) is 16.2. The molecular weight excluding hydrogens is 395 g/mol. The average Bonchev–Trinajstić information content (AvgIpc) is 2.71. The van der Waals surface area contributed by atoms with Gasteiger partial charge in [0.05, 0.1) is 22.6 Å². The summed E-state index contributed by atoms with van der Waals surface area (Å²) in [6.07, 6.45) is 1.22. The minimum Gasteiger partial charge on any atom is -0.383 e. The maximum atomic E-state index is 13.5. The van der Waals surface area contributed by atoms with E-state index in [9.17, 15) is 13.2 Å². The lowest BCUT2D eigenvalue weighted by Gasteiger charge is -2.30. The highest BCUT2D eigenvalue weighted by atomic mass is 32.2. The summed E-state index contributed by atoms with van der Waals surface area (Å²) in [5.41, 5.74) is 7.24. The highest BCUT2D eigenvalue weighted by molar-refractivity contribution is 7.99. The van der Waals surface area contributed by atoms with Crippen LogP contribution in [0.4, 0.5) is 30.2 Å². The molecule has 4 N–H and O–H groups in total. The molecule has 0 spiro atoms. The first kappa shape index (κ1) is 20.4. The van der Waals surface area contributed by atoms with Gasteiger partial charge in [-0.25, -0.2) is 0 Å². The number of para-hydroxylation sites is 1. The minimum absolute atomic E-state index is 0.484. The Morgan fingerprint density at radius 1 is 1.03 bits per heavy atom. The standard InChI is InChI=1S/C22H26F3N3S/c23-22(24,25)16-11-18(27-13-15-7-5-14(6-8-15)9-10-26)21-20(12-16)29-19-4-2-1-3-17(19)28-21/h1-4,11-12,14-15,27-28H,5-10,13,26H2. The number of nitrogens with two attached hydrogens (primary N) is 1. The van der Waals surface area contributed by atoms with E-state index < -0.39 is 11.7 Å². The second kappa shape index (κ2) is 8.48. The number of hydrogen-bond donors (Lipinski definition) is 3. The van der Waals surface area contributed by atoms with Gasteiger partial charge >= 0.3 is 6.18 Å². The maximum Gasteiger partial charge on any atom is 0.416 e. The molecule has 1 heterocycles. The fraction of sp³-hybridized carbons (Fsp3) is 0.455. The monoisotopic (exact) mass is 421 g/mol. The Balaban J connectivity index is 1.53. The summed E-state index contributed by atoms with van der Waals surface area (Å²) in [5, 5.41) is 6.67. The smallest absolute Gasteiger partial charge is 0.383 e. The van der Waals surface area contributed by atoms with E-state index in [2.05, 4.69) is 10.6 Å². The van der Waals surface area contributed by atoms with Crippen molar-refractivity contribution in [3.63, 3.8) is 0 Å². The number of alkyl halides is 3. The van der Waals surface area contributed by atoms with Crippen molar-refractivity contribution in [3.8, 4) is 0 Å². The number of anilines is 3. The van der Waals surface area contributed by atoms with Crippen LogP contribution < -0.4 is 16.4 Å². The second-order valence-electron chi connectivity index (χ2n) is 7.96. The molecule has 29 heavy (non-hydrogen) atoms. The van der Waals surface area contributed by atoms with E-state index in [1.807, 2.05) is 24.3 Å². The van der Waals surface area contributed by atoms with Gasteiger partial charge in [0.2, 0.25) is 0 Å². The topological polar surface area (TPSA) is 50.1 Å². The van der Waals surface area contributed by atoms with Crippen molar-refractivity contribution in [3.05, 3.63) is 42.0 Å². The van der Waals surface area contributed by atoms with E-state index in [-0.39, 0.29) is 0 Å². The summed E-state index contributed by atoms with van der Waals surface area (Å²) in [6, 6.07) is 10.2. The molecule has 7 heteroatoms. The number of rotatable bonds is 5. The zero-order chi connectivity index (χ0) is 20.4. The van der Waals surface area contributed by atoms with Crippen LogP contribution in [0.5, 0.6) is 0 Å². The Morgan fingerprint density at radius 3 is 2.48 bits per heavy atom. The molecule has 0 saturated heterocycles. The van der Waals surface area contributed by atoms with Crippen molar-refractivity contribution in [2.45, 2.75) is 48.1 Å². The molecule has 1 aliphatic carbocycles. The van der Waals surface area contributed by atoms with Gasteiger partial charge < -0.3 is 16.4 Å². The van der Waals surface area contributed by atoms with Gasteiger partial charge in [-0.3, -0.25) is 0 Å². The first-order chi connectivity index (χ1) is 13.9. The van der Waals surface area contributed by atoms with Crippen LogP contribution in [-0.4, -0.2) is 13.1 Å². The third kappa shape index (κ3) is 4.67. The van der Waals surface area contributed by atoms with Crippen LogP contribution in [0.3, 0.4) is 0 Å². The van der Waals surface area contributed by atoms with Gasteiger partial charge in [-0.15, -0.1) is 0 Å². The third-order valence-electron chi connectivity index (χ3n) is 5.92. The van der Waals surface area contributed by atoms with E-state index >= 15 is 0 Å². The molecule has 0 bridgehead atoms. The number of fused-ring (bicyclic) bond motifs is 2. The molecule has 1 fully saturated rings. The Kier molecular flexibility index (Phi) is 5.97.